The summed E-state index contributed by atoms with van der Waals surface area (Å²) in [6.07, 6.45) is 4.65. The standard InChI is InChI=1S/C8H7N3O/c9-11-4-2-8(12)6-5-10-3-1-7(6)11/h1-5H,9H2. The second-order valence-corrected chi connectivity index (χ2v) is 2.48. The minimum absolute atomic E-state index is 0.0557. The number of nitrogens with two attached hydrogens (primary N) is 1. The van der Waals surface area contributed by atoms with Gasteiger partial charge in [0.2, 0.25) is 0 Å². The third-order valence-corrected chi connectivity index (χ3v) is 1.73. The van der Waals surface area contributed by atoms with Crippen molar-refractivity contribution in [3.05, 3.63) is 40.9 Å². The summed E-state index contributed by atoms with van der Waals surface area (Å²) in [7, 11) is 0. The normalized spacial score (nSPS) is 10.3. The first-order valence-corrected chi connectivity index (χ1v) is 3.49. The molecule has 0 atom stereocenters. The van der Waals surface area contributed by atoms with Gasteiger partial charge in [0.05, 0.1) is 10.9 Å². The molecule has 2 aromatic heterocycles. The molecule has 2 aromatic rings. The van der Waals surface area contributed by atoms with Crippen molar-refractivity contribution in [1.29, 1.82) is 0 Å². The Hall–Kier alpha value is -1.84. The molecule has 0 unspecified atom stereocenters. The Balaban J connectivity index is 3.05. The Morgan fingerprint density at radius 1 is 1.42 bits per heavy atom. The van der Waals surface area contributed by atoms with Gasteiger partial charge < -0.3 is 5.84 Å². The SMILES string of the molecule is Nn1ccc(=O)c2cnccc21. The summed E-state index contributed by atoms with van der Waals surface area (Å²) in [4.78, 5) is 15.1. The molecular weight excluding hydrogens is 154 g/mol. The van der Waals surface area contributed by atoms with E-state index in [0.717, 1.165) is 0 Å². The van der Waals surface area contributed by atoms with Crippen LogP contribution in [0.2, 0.25) is 0 Å². The van der Waals surface area contributed by atoms with Gasteiger partial charge in [0.25, 0.3) is 0 Å². The van der Waals surface area contributed by atoms with Crippen LogP contribution < -0.4 is 11.3 Å². The van der Waals surface area contributed by atoms with E-state index in [1.54, 1.807) is 12.3 Å². The second kappa shape index (κ2) is 2.34. The van der Waals surface area contributed by atoms with Crippen LogP contribution in [0.1, 0.15) is 0 Å². The molecule has 2 rings (SSSR count). The minimum atomic E-state index is -0.0557. The molecule has 2 heterocycles. The van der Waals surface area contributed by atoms with Crippen molar-refractivity contribution >= 4 is 10.9 Å². The van der Waals surface area contributed by atoms with E-state index < -0.39 is 0 Å². The van der Waals surface area contributed by atoms with Crippen molar-refractivity contribution in [3.8, 4) is 0 Å². The zero-order chi connectivity index (χ0) is 8.55. The summed E-state index contributed by atoms with van der Waals surface area (Å²) in [6, 6.07) is 3.13. The molecule has 0 aliphatic rings. The van der Waals surface area contributed by atoms with Gasteiger partial charge in [0.15, 0.2) is 5.43 Å². The van der Waals surface area contributed by atoms with Gasteiger partial charge in [0, 0.05) is 24.7 Å². The van der Waals surface area contributed by atoms with E-state index in [-0.39, 0.29) is 5.43 Å². The number of aromatic nitrogens is 2. The average molecular weight is 161 g/mol. The van der Waals surface area contributed by atoms with E-state index >= 15 is 0 Å². The molecule has 4 heteroatoms. The van der Waals surface area contributed by atoms with Crippen LogP contribution in [0.5, 0.6) is 0 Å². The number of hydrogen-bond donors (Lipinski definition) is 1. The molecule has 0 aromatic carbocycles. The van der Waals surface area contributed by atoms with Gasteiger partial charge in [-0.15, -0.1) is 0 Å². The van der Waals surface area contributed by atoms with Crippen molar-refractivity contribution in [1.82, 2.24) is 9.66 Å². The van der Waals surface area contributed by atoms with Gasteiger partial charge in [0.1, 0.15) is 0 Å². The highest BCUT2D eigenvalue weighted by Gasteiger charge is 1.98. The topological polar surface area (TPSA) is 60.9 Å². The van der Waals surface area contributed by atoms with Crippen LogP contribution in [0.25, 0.3) is 10.9 Å². The molecule has 0 radical (unpaired) electrons. The number of nitrogen functional groups attached to an aromatic ring is 1. The van der Waals surface area contributed by atoms with E-state index in [4.69, 9.17) is 5.84 Å². The van der Waals surface area contributed by atoms with Crippen molar-refractivity contribution in [3.63, 3.8) is 0 Å². The zero-order valence-corrected chi connectivity index (χ0v) is 6.27. The van der Waals surface area contributed by atoms with E-state index in [1.165, 1.54) is 23.1 Å². The lowest BCUT2D eigenvalue weighted by Gasteiger charge is -2.01. The highest BCUT2D eigenvalue weighted by molar-refractivity contribution is 5.77. The Labute approximate surface area is 68.2 Å². The van der Waals surface area contributed by atoms with Gasteiger partial charge in [-0.05, 0) is 6.07 Å². The van der Waals surface area contributed by atoms with Crippen LogP contribution in [0.15, 0.2) is 35.5 Å². The predicted molar refractivity (Wildman–Crippen MR) is 46.2 cm³/mol. The fourth-order valence-electron chi connectivity index (χ4n) is 1.12. The van der Waals surface area contributed by atoms with Crippen LogP contribution >= 0.6 is 0 Å². The fraction of sp³-hybridized carbons (Fsp3) is 0. The number of rotatable bonds is 0. The molecule has 0 saturated heterocycles. The summed E-state index contributed by atoms with van der Waals surface area (Å²) < 4.78 is 1.40. The monoisotopic (exact) mass is 161 g/mol. The summed E-state index contributed by atoms with van der Waals surface area (Å²) >= 11 is 0. The third kappa shape index (κ3) is 0.852. The van der Waals surface area contributed by atoms with E-state index in [2.05, 4.69) is 4.98 Å². The minimum Gasteiger partial charge on any atom is -0.339 e. The number of fused-ring (bicyclic) bond motifs is 1. The van der Waals surface area contributed by atoms with Crippen LogP contribution in [-0.2, 0) is 0 Å². The van der Waals surface area contributed by atoms with Gasteiger partial charge in [-0.25, -0.2) is 0 Å². The number of pyridine rings is 2. The van der Waals surface area contributed by atoms with E-state index in [1.807, 2.05) is 0 Å². The highest BCUT2D eigenvalue weighted by atomic mass is 16.1. The van der Waals surface area contributed by atoms with Crippen LogP contribution in [-0.4, -0.2) is 9.66 Å². The molecule has 0 fully saturated rings. The van der Waals surface area contributed by atoms with Crippen LogP contribution in [0, 0.1) is 0 Å². The first kappa shape index (κ1) is 6.84. The van der Waals surface area contributed by atoms with E-state index in [0.29, 0.717) is 10.9 Å². The Kier molecular flexibility index (Phi) is 1.33. The second-order valence-electron chi connectivity index (χ2n) is 2.48. The van der Waals surface area contributed by atoms with Gasteiger partial charge in [-0.1, -0.05) is 0 Å². The number of nitrogens with zero attached hydrogens (tertiary/aromatic N) is 2. The highest BCUT2D eigenvalue weighted by Crippen LogP contribution is 2.03. The van der Waals surface area contributed by atoms with Crippen molar-refractivity contribution in [2.75, 3.05) is 5.84 Å². The summed E-state index contributed by atoms with van der Waals surface area (Å²) in [6.45, 7) is 0. The molecular formula is C8H7N3O. The lowest BCUT2D eigenvalue weighted by atomic mass is 10.3. The third-order valence-electron chi connectivity index (χ3n) is 1.73. The van der Waals surface area contributed by atoms with Gasteiger partial charge in [-0.2, -0.15) is 0 Å². The smallest absolute Gasteiger partial charge is 0.191 e. The van der Waals surface area contributed by atoms with Crippen molar-refractivity contribution in [2.24, 2.45) is 0 Å². The molecule has 0 spiro atoms. The first-order valence-electron chi connectivity index (χ1n) is 3.49. The lowest BCUT2D eigenvalue weighted by Crippen LogP contribution is -2.14. The quantitative estimate of drug-likeness (QED) is 0.558. The Morgan fingerprint density at radius 2 is 2.25 bits per heavy atom. The molecule has 12 heavy (non-hydrogen) atoms. The molecule has 0 aliphatic heterocycles. The molecule has 0 amide bonds. The number of hydrogen-bond acceptors (Lipinski definition) is 3. The Morgan fingerprint density at radius 3 is 3.00 bits per heavy atom. The molecule has 60 valence electrons. The largest absolute Gasteiger partial charge is 0.339 e. The zero-order valence-electron chi connectivity index (χ0n) is 6.27. The summed E-state index contributed by atoms with van der Waals surface area (Å²) in [5, 5.41) is 0.544. The first-order chi connectivity index (χ1) is 5.79. The average Bonchev–Trinajstić information content (AvgIpc) is 2.12. The molecule has 0 bridgehead atoms. The molecule has 2 N–H and O–H groups in total. The lowest BCUT2D eigenvalue weighted by molar-refractivity contribution is 1.04. The molecule has 0 saturated carbocycles. The molecule has 0 aliphatic carbocycles. The maximum absolute atomic E-state index is 11.2. The van der Waals surface area contributed by atoms with Crippen LogP contribution in [0.4, 0.5) is 0 Å². The summed E-state index contributed by atoms with van der Waals surface area (Å²) in [5.74, 6) is 5.58. The van der Waals surface area contributed by atoms with E-state index in [9.17, 15) is 4.79 Å². The van der Waals surface area contributed by atoms with Crippen molar-refractivity contribution in [2.45, 2.75) is 0 Å². The van der Waals surface area contributed by atoms with Crippen LogP contribution in [0.3, 0.4) is 0 Å². The maximum Gasteiger partial charge on any atom is 0.191 e. The predicted octanol–water partition coefficient (Wildman–Crippen LogP) is 0.110. The van der Waals surface area contributed by atoms with Gasteiger partial charge >= 0.3 is 0 Å². The van der Waals surface area contributed by atoms with Crippen molar-refractivity contribution < 1.29 is 0 Å². The maximum atomic E-state index is 11.2. The Bertz CT molecular complexity index is 475. The van der Waals surface area contributed by atoms with Gasteiger partial charge in [-0.3, -0.25) is 14.5 Å². The summed E-state index contributed by atoms with van der Waals surface area (Å²) in [5.41, 5.74) is 0.636. The molecule has 4 nitrogen and oxygen atoms in total. The fourth-order valence-corrected chi connectivity index (χ4v) is 1.12.